The third-order valence-electron chi connectivity index (χ3n) is 8.63. The van der Waals surface area contributed by atoms with Gasteiger partial charge in [-0.15, -0.1) is 0 Å². The van der Waals surface area contributed by atoms with E-state index in [1.54, 1.807) is 0 Å². The fourth-order valence-corrected chi connectivity index (χ4v) is 6.84. The molecule has 0 heteroatoms. The van der Waals surface area contributed by atoms with Gasteiger partial charge in [-0.05, 0) is 94.7 Å². The van der Waals surface area contributed by atoms with Crippen molar-refractivity contribution in [1.82, 2.24) is 0 Å². The van der Waals surface area contributed by atoms with Gasteiger partial charge in [0, 0.05) is 5.41 Å². The number of hydrogen-bond donors (Lipinski definition) is 0. The second-order valence-electron chi connectivity index (χ2n) is 10.9. The van der Waals surface area contributed by atoms with Crippen LogP contribution in [0.3, 0.4) is 0 Å². The fraction of sp³-hybridized carbons (Fsp3) is 0.0811. The Morgan fingerprint density at radius 3 is 1.49 bits per heavy atom. The van der Waals surface area contributed by atoms with Crippen molar-refractivity contribution in [2.75, 3.05) is 0 Å². The van der Waals surface area contributed by atoms with Crippen LogP contribution in [0.25, 0.3) is 65.3 Å². The molecule has 0 N–H and O–H groups in total. The largest absolute Gasteiger partial charge is 0.0622 e. The van der Waals surface area contributed by atoms with Crippen molar-refractivity contribution in [3.8, 4) is 22.3 Å². The van der Waals surface area contributed by atoms with Crippen LogP contribution in [0.5, 0.6) is 0 Å². The Bertz CT molecular complexity index is 2040. The Kier molecular flexibility index (Phi) is 4.10. The van der Waals surface area contributed by atoms with Crippen LogP contribution in [-0.2, 0) is 5.41 Å². The quantitative estimate of drug-likeness (QED) is 0.209. The topological polar surface area (TPSA) is 0 Å². The molecule has 0 radical (unpaired) electrons. The summed E-state index contributed by atoms with van der Waals surface area (Å²) >= 11 is 0. The zero-order valence-electron chi connectivity index (χ0n) is 21.0. The SMILES string of the molecule is CC1(C)c2cc3c4ccccc4c4ccccc4c3cc2-c2c1cc(-c1ccccc1)c1ccccc21. The smallest absolute Gasteiger partial charge is 0.0159 e. The van der Waals surface area contributed by atoms with Crippen molar-refractivity contribution in [1.29, 1.82) is 0 Å². The molecule has 0 heterocycles. The molecule has 0 bridgehead atoms. The summed E-state index contributed by atoms with van der Waals surface area (Å²) in [4.78, 5) is 0. The van der Waals surface area contributed by atoms with Gasteiger partial charge in [-0.3, -0.25) is 0 Å². The first kappa shape index (κ1) is 20.7. The van der Waals surface area contributed by atoms with E-state index in [4.69, 9.17) is 0 Å². The second-order valence-corrected chi connectivity index (χ2v) is 10.9. The summed E-state index contributed by atoms with van der Waals surface area (Å²) in [5.41, 5.74) is 8.11. The van der Waals surface area contributed by atoms with Crippen LogP contribution in [-0.4, -0.2) is 0 Å². The van der Waals surface area contributed by atoms with Gasteiger partial charge >= 0.3 is 0 Å². The van der Waals surface area contributed by atoms with E-state index < -0.39 is 0 Å². The lowest BCUT2D eigenvalue weighted by Gasteiger charge is -2.23. The number of rotatable bonds is 1. The highest BCUT2D eigenvalue weighted by Gasteiger charge is 2.37. The summed E-state index contributed by atoms with van der Waals surface area (Å²) < 4.78 is 0. The third-order valence-corrected chi connectivity index (χ3v) is 8.63. The van der Waals surface area contributed by atoms with Gasteiger partial charge < -0.3 is 0 Å². The van der Waals surface area contributed by atoms with Crippen molar-refractivity contribution >= 4 is 43.1 Å². The molecule has 0 amide bonds. The molecule has 37 heavy (non-hydrogen) atoms. The Morgan fingerprint density at radius 1 is 0.378 bits per heavy atom. The first-order chi connectivity index (χ1) is 18.1. The molecule has 0 saturated carbocycles. The normalized spacial score (nSPS) is 13.9. The molecule has 0 unspecified atom stereocenters. The van der Waals surface area contributed by atoms with Gasteiger partial charge in [-0.25, -0.2) is 0 Å². The molecule has 7 aromatic carbocycles. The van der Waals surface area contributed by atoms with E-state index in [9.17, 15) is 0 Å². The number of benzene rings is 7. The van der Waals surface area contributed by atoms with Crippen LogP contribution in [0.15, 0.2) is 121 Å². The van der Waals surface area contributed by atoms with Gasteiger partial charge in [0.2, 0.25) is 0 Å². The highest BCUT2D eigenvalue weighted by Crippen LogP contribution is 2.55. The predicted molar refractivity (Wildman–Crippen MR) is 159 cm³/mol. The molecule has 0 nitrogen and oxygen atoms in total. The molecule has 0 aliphatic heterocycles. The van der Waals surface area contributed by atoms with Crippen molar-refractivity contribution < 1.29 is 0 Å². The van der Waals surface area contributed by atoms with Crippen molar-refractivity contribution in [2.45, 2.75) is 19.3 Å². The van der Waals surface area contributed by atoms with Crippen molar-refractivity contribution in [2.24, 2.45) is 0 Å². The van der Waals surface area contributed by atoms with E-state index in [1.165, 1.54) is 76.5 Å². The third kappa shape index (κ3) is 2.73. The van der Waals surface area contributed by atoms with E-state index in [0.717, 1.165) is 0 Å². The average Bonchev–Trinajstić information content (AvgIpc) is 3.18. The monoisotopic (exact) mass is 470 g/mol. The summed E-state index contributed by atoms with van der Waals surface area (Å²) in [6, 6.07) is 45.0. The van der Waals surface area contributed by atoms with Crippen LogP contribution in [0.2, 0.25) is 0 Å². The van der Waals surface area contributed by atoms with Gasteiger partial charge in [0.05, 0.1) is 0 Å². The summed E-state index contributed by atoms with van der Waals surface area (Å²) in [6.45, 7) is 4.80. The average molecular weight is 471 g/mol. The lowest BCUT2D eigenvalue weighted by atomic mass is 9.80. The molecule has 174 valence electrons. The lowest BCUT2D eigenvalue weighted by molar-refractivity contribution is 0.662. The Morgan fingerprint density at radius 2 is 0.865 bits per heavy atom. The number of fused-ring (bicyclic) bond motifs is 11. The molecule has 0 spiro atoms. The second kappa shape index (κ2) is 7.31. The lowest BCUT2D eigenvalue weighted by Crippen LogP contribution is -2.15. The van der Waals surface area contributed by atoms with E-state index >= 15 is 0 Å². The fourth-order valence-electron chi connectivity index (χ4n) is 6.84. The standard InChI is InChI=1S/C37H26/c1-37(2)34-22-32-27-17-9-7-15-25(27)24-14-6-8-16-26(24)31(32)20-33(34)36-29-19-11-10-18-28(29)30(21-35(36)37)23-12-4-3-5-13-23/h3-22H,1-2H3. The summed E-state index contributed by atoms with van der Waals surface area (Å²) in [6.07, 6.45) is 0. The maximum Gasteiger partial charge on any atom is 0.0159 e. The minimum Gasteiger partial charge on any atom is -0.0622 e. The Hall–Kier alpha value is -4.42. The maximum absolute atomic E-state index is 2.50. The molecule has 0 saturated heterocycles. The molecule has 1 aliphatic carbocycles. The summed E-state index contributed by atoms with van der Waals surface area (Å²) in [5, 5.41) is 10.7. The minimum atomic E-state index is -0.0980. The number of hydrogen-bond acceptors (Lipinski definition) is 0. The highest BCUT2D eigenvalue weighted by molar-refractivity contribution is 6.26. The zero-order chi connectivity index (χ0) is 24.7. The van der Waals surface area contributed by atoms with Crippen molar-refractivity contribution in [3.63, 3.8) is 0 Å². The van der Waals surface area contributed by atoms with E-state index in [1.807, 2.05) is 0 Å². The molecule has 7 aromatic rings. The minimum absolute atomic E-state index is 0.0980. The molecular formula is C37H26. The first-order valence-corrected chi connectivity index (χ1v) is 13.1. The summed E-state index contributed by atoms with van der Waals surface area (Å²) in [7, 11) is 0. The Balaban J connectivity index is 1.55. The molecule has 0 atom stereocenters. The zero-order valence-corrected chi connectivity index (χ0v) is 21.0. The van der Waals surface area contributed by atoms with Crippen LogP contribution in [0.1, 0.15) is 25.0 Å². The maximum atomic E-state index is 2.50. The van der Waals surface area contributed by atoms with E-state index in [-0.39, 0.29) is 5.41 Å². The highest BCUT2D eigenvalue weighted by atomic mass is 14.4. The molecule has 0 fully saturated rings. The van der Waals surface area contributed by atoms with Gasteiger partial charge in [-0.1, -0.05) is 117 Å². The van der Waals surface area contributed by atoms with Crippen LogP contribution < -0.4 is 0 Å². The molecule has 8 rings (SSSR count). The van der Waals surface area contributed by atoms with Gasteiger partial charge in [-0.2, -0.15) is 0 Å². The van der Waals surface area contributed by atoms with Gasteiger partial charge in [0.15, 0.2) is 0 Å². The first-order valence-electron chi connectivity index (χ1n) is 13.1. The van der Waals surface area contributed by atoms with E-state index in [2.05, 4.69) is 135 Å². The predicted octanol–water partition coefficient (Wildman–Crippen LogP) is 10.3. The van der Waals surface area contributed by atoms with Gasteiger partial charge in [0.25, 0.3) is 0 Å². The molecule has 0 aromatic heterocycles. The van der Waals surface area contributed by atoms with Crippen LogP contribution >= 0.6 is 0 Å². The van der Waals surface area contributed by atoms with Gasteiger partial charge in [0.1, 0.15) is 0 Å². The van der Waals surface area contributed by atoms with Crippen LogP contribution in [0.4, 0.5) is 0 Å². The molecular weight excluding hydrogens is 444 g/mol. The molecule has 1 aliphatic rings. The van der Waals surface area contributed by atoms with Crippen LogP contribution in [0, 0.1) is 0 Å². The van der Waals surface area contributed by atoms with Crippen molar-refractivity contribution in [3.05, 3.63) is 132 Å². The summed E-state index contributed by atoms with van der Waals surface area (Å²) in [5.74, 6) is 0. The Labute approximate surface area is 216 Å². The van der Waals surface area contributed by atoms with E-state index in [0.29, 0.717) is 0 Å².